The first-order valence-corrected chi connectivity index (χ1v) is 24.2. The number of hydrogen-bond acceptors (Lipinski definition) is 15. The van der Waals surface area contributed by atoms with E-state index in [2.05, 4.69) is 61.1 Å². The van der Waals surface area contributed by atoms with E-state index in [-0.39, 0.29) is 31.2 Å². The first-order valence-electron chi connectivity index (χ1n) is 23.9. The van der Waals surface area contributed by atoms with Crippen LogP contribution in [0.5, 0.6) is 0 Å². The fourth-order valence-electron chi connectivity index (χ4n) is 9.54. The summed E-state index contributed by atoms with van der Waals surface area (Å²) in [5.74, 6) is 1.33. The highest BCUT2D eigenvalue weighted by molar-refractivity contribution is 6.64. The van der Waals surface area contributed by atoms with Crippen molar-refractivity contribution in [2.75, 3.05) is 108 Å². The summed E-state index contributed by atoms with van der Waals surface area (Å²) in [6.45, 7) is 7.66. The van der Waals surface area contributed by atoms with Crippen molar-refractivity contribution >= 4 is 88.2 Å². The second-order valence-corrected chi connectivity index (χ2v) is 18.9. The summed E-state index contributed by atoms with van der Waals surface area (Å²) in [6, 6.07) is 12.2. The van der Waals surface area contributed by atoms with E-state index in [4.69, 9.17) is 22.3 Å². The Hall–Kier alpha value is -6.38. The Labute approximate surface area is 416 Å². The summed E-state index contributed by atoms with van der Waals surface area (Å²) in [5.41, 5.74) is 10.8. The van der Waals surface area contributed by atoms with E-state index >= 15 is 0 Å². The van der Waals surface area contributed by atoms with Gasteiger partial charge >= 0.3 is 0 Å². The number of rotatable bonds is 10. The van der Waals surface area contributed by atoms with Gasteiger partial charge in [0.05, 0.1) is 30.0 Å². The zero-order chi connectivity index (χ0) is 48.6. The Kier molecular flexibility index (Phi) is 17.3. The molecule has 3 N–H and O–H groups in total. The number of halogens is 1. The molecular formula is C49H67BClN16O3. The van der Waals surface area contributed by atoms with Crippen LogP contribution in [0, 0.1) is 0 Å². The number of nitrogens with one attached hydrogen (secondary N) is 1. The number of fused-ring (bicyclic) bond motifs is 2. The van der Waals surface area contributed by atoms with E-state index in [1.807, 2.05) is 53.6 Å². The van der Waals surface area contributed by atoms with Crippen molar-refractivity contribution in [3.63, 3.8) is 0 Å². The molecule has 4 fully saturated rings. The molecule has 19 nitrogen and oxygen atoms in total. The van der Waals surface area contributed by atoms with Gasteiger partial charge in [0.2, 0.25) is 11.9 Å². The lowest BCUT2D eigenvalue weighted by Crippen LogP contribution is -2.48. The van der Waals surface area contributed by atoms with Crippen LogP contribution in [0.15, 0.2) is 61.2 Å². The third-order valence-corrected chi connectivity index (χ3v) is 13.5. The van der Waals surface area contributed by atoms with E-state index in [9.17, 15) is 14.4 Å². The van der Waals surface area contributed by atoms with Crippen molar-refractivity contribution in [2.24, 2.45) is 0 Å². The maximum Gasteiger partial charge on any atom is 0.293 e. The van der Waals surface area contributed by atoms with Crippen LogP contribution in [0.3, 0.4) is 0 Å². The fourth-order valence-corrected chi connectivity index (χ4v) is 9.65. The highest BCUT2D eigenvalue weighted by atomic mass is 35.5. The van der Waals surface area contributed by atoms with Gasteiger partial charge in [-0.3, -0.25) is 9.59 Å². The monoisotopic (exact) mass is 974 g/mol. The number of anilines is 5. The van der Waals surface area contributed by atoms with E-state index in [1.165, 1.54) is 18.5 Å². The van der Waals surface area contributed by atoms with Gasteiger partial charge in [-0.05, 0) is 69.1 Å². The molecule has 0 unspecified atom stereocenters. The van der Waals surface area contributed by atoms with E-state index in [0.29, 0.717) is 34.3 Å². The highest BCUT2D eigenvalue weighted by Crippen LogP contribution is 2.36. The third kappa shape index (κ3) is 12.1. The minimum Gasteiger partial charge on any atom is -0.368 e. The number of likely N-dealkylation sites (N-methyl/N-ethyl adjacent to an activating group) is 1. The maximum absolute atomic E-state index is 12.9. The van der Waals surface area contributed by atoms with Gasteiger partial charge in [0.1, 0.15) is 33.7 Å². The first-order chi connectivity index (χ1) is 33.4. The zero-order valence-electron chi connectivity index (χ0n) is 40.3. The van der Waals surface area contributed by atoms with E-state index in [1.54, 1.807) is 57.8 Å². The lowest BCUT2D eigenvalue weighted by Gasteiger charge is -2.35. The lowest BCUT2D eigenvalue weighted by molar-refractivity contribution is 0.0808. The summed E-state index contributed by atoms with van der Waals surface area (Å²) >= 11 is 5.74. The molecule has 1 radical (unpaired) electrons. The van der Waals surface area contributed by atoms with Crippen LogP contribution in [-0.4, -0.2) is 172 Å². The Morgan fingerprint density at radius 3 is 1.67 bits per heavy atom. The van der Waals surface area contributed by atoms with Gasteiger partial charge in [0.15, 0.2) is 0 Å². The number of piperazine rings is 2. The smallest absolute Gasteiger partial charge is 0.293 e. The van der Waals surface area contributed by atoms with Crippen molar-refractivity contribution in [1.82, 2.24) is 58.5 Å². The molecule has 2 aliphatic heterocycles. The SMILES string of the molecule is C.CN(C)C(=O)c1cc2cnc(N)nc2n1C1CCCC1.CN(C)C(=O)c1cc2cnc(Nc3ccc(N4CCN([B]C=O)CC4)cn3)nc2n1C1CCCC1.CN1CCN(c2ccc(Cl)nc2)CC1. The average Bonchev–Trinajstić information content (AvgIpc) is 4.20. The van der Waals surface area contributed by atoms with Gasteiger partial charge in [0, 0.05) is 116 Å². The molecule has 2 amide bonds. The summed E-state index contributed by atoms with van der Waals surface area (Å²) in [7, 11) is 10.8. The molecule has 4 aliphatic rings. The molecule has 10 rings (SSSR count). The Bertz CT molecular complexity index is 2690. The van der Waals surface area contributed by atoms with Crippen LogP contribution in [0.1, 0.15) is 91.9 Å². The molecule has 0 aromatic carbocycles. The van der Waals surface area contributed by atoms with Gasteiger partial charge in [-0.1, -0.05) is 44.7 Å². The summed E-state index contributed by atoms with van der Waals surface area (Å²) in [4.78, 5) is 74.4. The molecule has 70 heavy (non-hydrogen) atoms. The molecule has 21 heteroatoms. The minimum absolute atomic E-state index is 0. The number of carbonyl (C=O) groups is 3. The number of nitrogens with zero attached hydrogens (tertiary/aromatic N) is 14. The normalized spacial score (nSPS) is 16.8. The average molecular weight is 974 g/mol. The largest absolute Gasteiger partial charge is 0.368 e. The summed E-state index contributed by atoms with van der Waals surface area (Å²) < 4.78 is 4.17. The third-order valence-electron chi connectivity index (χ3n) is 13.3. The van der Waals surface area contributed by atoms with Crippen molar-refractivity contribution in [1.29, 1.82) is 0 Å². The molecule has 2 aliphatic carbocycles. The summed E-state index contributed by atoms with van der Waals surface area (Å²) in [6.07, 6.45) is 17.0. The molecule has 6 aromatic heterocycles. The predicted octanol–water partition coefficient (Wildman–Crippen LogP) is 6.27. The number of pyridine rings is 2. The maximum atomic E-state index is 12.9. The Balaban J connectivity index is 0.000000173. The lowest BCUT2D eigenvalue weighted by atomic mass is 9.93. The quantitative estimate of drug-likeness (QED) is 0.0885. The highest BCUT2D eigenvalue weighted by Gasteiger charge is 2.28. The van der Waals surface area contributed by atoms with Gasteiger partial charge < -0.3 is 54.3 Å². The topological polar surface area (TPSA) is 196 Å². The van der Waals surface area contributed by atoms with Crippen LogP contribution in [0.2, 0.25) is 5.15 Å². The van der Waals surface area contributed by atoms with Gasteiger partial charge in [-0.15, -0.1) is 0 Å². The van der Waals surface area contributed by atoms with E-state index < -0.39 is 0 Å². The van der Waals surface area contributed by atoms with Gasteiger partial charge in [-0.2, -0.15) is 9.97 Å². The van der Waals surface area contributed by atoms with Crippen LogP contribution in [-0.2, 0) is 4.79 Å². The Morgan fingerprint density at radius 2 is 1.19 bits per heavy atom. The van der Waals surface area contributed by atoms with Crippen molar-refractivity contribution < 1.29 is 14.4 Å². The van der Waals surface area contributed by atoms with Crippen LogP contribution < -0.4 is 20.9 Å². The van der Waals surface area contributed by atoms with Crippen LogP contribution in [0.4, 0.5) is 29.1 Å². The first kappa shape index (κ1) is 51.5. The zero-order valence-corrected chi connectivity index (χ0v) is 41.1. The second kappa shape index (κ2) is 23.5. The van der Waals surface area contributed by atoms with Gasteiger partial charge in [0.25, 0.3) is 19.2 Å². The minimum atomic E-state index is -0.0217. The molecular weight excluding hydrogens is 907 g/mol. The van der Waals surface area contributed by atoms with Crippen LogP contribution >= 0.6 is 11.6 Å². The standard InChI is InChI=1S/C24H30BN8O2.C14H19N5O.C10H14ClN3.CH4/c1-30(2)23(35)20-13-17-14-27-24(29-22(17)33(20)18-5-3-4-6-18)28-21-8-7-19(15-26-21)31-9-11-32(12-10-31)25-16-34;1-18(2)13(20)11-7-9-8-16-14(15)17-12(9)19(11)10-5-3-4-6-10;1-13-4-6-14(7-5-13)9-2-3-10(11)12-8-9;/h7-8,13-16,18H,3-6,9-12H2,1-2H3,(H,26,27,28,29);7-8,10H,3-6H2,1-2H3,(H2,15,16,17);2-3,8H,4-7H2,1H3;1H4. The number of aromatic nitrogens is 8. The molecule has 2 saturated carbocycles. The van der Waals surface area contributed by atoms with E-state index in [0.717, 1.165) is 125 Å². The molecule has 371 valence electrons. The molecule has 2 saturated heterocycles. The number of carbonyl (C=O) groups excluding carboxylic acids is 3. The Morgan fingerprint density at radius 1 is 0.686 bits per heavy atom. The van der Waals surface area contributed by atoms with Crippen molar-refractivity contribution in [3.8, 4) is 0 Å². The molecule has 0 spiro atoms. The van der Waals surface area contributed by atoms with Crippen LogP contribution in [0.25, 0.3) is 22.1 Å². The second-order valence-electron chi connectivity index (χ2n) is 18.5. The number of amides is 2. The van der Waals surface area contributed by atoms with Gasteiger partial charge in [-0.25, -0.2) is 19.9 Å². The summed E-state index contributed by atoms with van der Waals surface area (Å²) in [5, 5.41) is 5.51. The predicted molar refractivity (Wildman–Crippen MR) is 280 cm³/mol. The number of hydrogen-bond donors (Lipinski definition) is 2. The molecule has 6 aromatic rings. The van der Waals surface area contributed by atoms with Crippen molar-refractivity contribution in [3.05, 3.63) is 77.7 Å². The molecule has 0 atom stereocenters. The van der Waals surface area contributed by atoms with Crippen molar-refractivity contribution in [2.45, 2.75) is 70.9 Å². The number of nitrogen functional groups attached to an aromatic ring is 1. The fraction of sp³-hybridized carbons (Fsp3) is 0.490. The molecule has 8 heterocycles. The number of nitrogens with two attached hydrogens (primary N) is 1. The molecule has 0 bridgehead atoms.